The molecule has 7 heteroatoms. The summed E-state index contributed by atoms with van der Waals surface area (Å²) in [6, 6.07) is 6.92. The first-order valence-electron chi connectivity index (χ1n) is 7.78. The van der Waals surface area contributed by atoms with E-state index in [1.165, 1.54) is 4.31 Å². The van der Waals surface area contributed by atoms with Gasteiger partial charge < -0.3 is 10.1 Å². The Balaban J connectivity index is 1.94. The highest BCUT2D eigenvalue weighted by molar-refractivity contribution is 7.89. The number of sulfonamides is 1. The molecule has 6 nitrogen and oxygen atoms in total. The molecule has 0 saturated carbocycles. The molecule has 0 bridgehead atoms. The van der Waals surface area contributed by atoms with Crippen LogP contribution >= 0.6 is 0 Å². The molecule has 0 radical (unpaired) electrons. The van der Waals surface area contributed by atoms with Crippen molar-refractivity contribution in [2.24, 2.45) is 5.92 Å². The summed E-state index contributed by atoms with van der Waals surface area (Å²) in [7, 11) is -1.89. The second-order valence-electron chi connectivity index (χ2n) is 5.78. The highest BCUT2D eigenvalue weighted by atomic mass is 32.2. The molecule has 0 aromatic heterocycles. The summed E-state index contributed by atoms with van der Waals surface area (Å²) in [5.74, 6) is -0.148. The number of ether oxygens (including phenoxy) is 1. The van der Waals surface area contributed by atoms with E-state index in [1.54, 1.807) is 25.3 Å². The number of hydrogen-bond acceptors (Lipinski definition) is 4. The van der Waals surface area contributed by atoms with Crippen LogP contribution < -0.4 is 5.32 Å². The molecule has 1 aliphatic rings. The maximum Gasteiger partial charge on any atom is 0.243 e. The van der Waals surface area contributed by atoms with Crippen LogP contribution in [0.5, 0.6) is 0 Å². The fraction of sp³-hybridized carbons (Fsp3) is 0.562. The minimum atomic E-state index is -3.47. The Labute approximate surface area is 137 Å². The number of carbonyl (C=O) groups excluding carboxylic acids is 1. The van der Waals surface area contributed by atoms with Crippen LogP contribution in [-0.2, 0) is 19.6 Å². The fourth-order valence-electron chi connectivity index (χ4n) is 2.70. The standard InChI is InChI=1S/C16H24N2O4S/c1-13-4-3-5-15(12-13)23(20,21)18-9-6-14(7-10-18)16(19)17-8-11-22-2/h3-5,12,14H,6-11H2,1-2H3,(H,17,19). The summed E-state index contributed by atoms with van der Waals surface area (Å²) in [4.78, 5) is 12.3. The lowest BCUT2D eigenvalue weighted by atomic mass is 9.97. The monoisotopic (exact) mass is 340 g/mol. The van der Waals surface area contributed by atoms with Crippen LogP contribution in [0, 0.1) is 12.8 Å². The summed E-state index contributed by atoms with van der Waals surface area (Å²) in [6.07, 6.45) is 1.09. The Morgan fingerprint density at radius 1 is 1.35 bits per heavy atom. The highest BCUT2D eigenvalue weighted by Crippen LogP contribution is 2.24. The van der Waals surface area contributed by atoms with E-state index in [4.69, 9.17) is 4.74 Å². The van der Waals surface area contributed by atoms with E-state index in [-0.39, 0.29) is 11.8 Å². The van der Waals surface area contributed by atoms with Crippen molar-refractivity contribution in [2.75, 3.05) is 33.4 Å². The number of aryl methyl sites for hydroxylation is 1. The molecule has 128 valence electrons. The number of hydrogen-bond donors (Lipinski definition) is 1. The lowest BCUT2D eigenvalue weighted by molar-refractivity contribution is -0.126. The molecule has 1 amide bonds. The highest BCUT2D eigenvalue weighted by Gasteiger charge is 2.31. The third kappa shape index (κ3) is 4.53. The van der Waals surface area contributed by atoms with Gasteiger partial charge in [0.1, 0.15) is 0 Å². The maximum absolute atomic E-state index is 12.6. The van der Waals surface area contributed by atoms with Gasteiger partial charge in [0.05, 0.1) is 11.5 Å². The van der Waals surface area contributed by atoms with Crippen molar-refractivity contribution in [3.63, 3.8) is 0 Å². The summed E-state index contributed by atoms with van der Waals surface area (Å²) in [5.41, 5.74) is 0.915. The van der Waals surface area contributed by atoms with Gasteiger partial charge in [0.25, 0.3) is 0 Å². The summed E-state index contributed by atoms with van der Waals surface area (Å²) in [6.45, 7) is 3.58. The number of nitrogens with one attached hydrogen (secondary N) is 1. The number of rotatable bonds is 6. The smallest absolute Gasteiger partial charge is 0.243 e. The van der Waals surface area contributed by atoms with Gasteiger partial charge in [-0.2, -0.15) is 4.31 Å². The Kier molecular flexibility index (Phi) is 6.15. The first kappa shape index (κ1) is 17.9. The van der Waals surface area contributed by atoms with Gasteiger partial charge in [-0.25, -0.2) is 8.42 Å². The summed E-state index contributed by atoms with van der Waals surface area (Å²) >= 11 is 0. The number of nitrogens with zero attached hydrogens (tertiary/aromatic N) is 1. The predicted octanol–water partition coefficient (Wildman–Crippen LogP) is 1.16. The van der Waals surface area contributed by atoms with Gasteiger partial charge in [-0.05, 0) is 37.5 Å². The van der Waals surface area contributed by atoms with Crippen molar-refractivity contribution in [2.45, 2.75) is 24.7 Å². The predicted molar refractivity (Wildman–Crippen MR) is 87.5 cm³/mol. The van der Waals surface area contributed by atoms with Crippen molar-refractivity contribution in [1.82, 2.24) is 9.62 Å². The molecular weight excluding hydrogens is 316 g/mol. The second kappa shape index (κ2) is 7.90. The number of amides is 1. The van der Waals surface area contributed by atoms with E-state index >= 15 is 0 Å². The fourth-order valence-corrected chi connectivity index (χ4v) is 4.28. The lowest BCUT2D eigenvalue weighted by Crippen LogP contribution is -2.43. The Morgan fingerprint density at radius 3 is 2.65 bits per heavy atom. The molecule has 1 saturated heterocycles. The van der Waals surface area contributed by atoms with Gasteiger partial charge in [-0.1, -0.05) is 12.1 Å². The van der Waals surface area contributed by atoms with E-state index in [9.17, 15) is 13.2 Å². The van der Waals surface area contributed by atoms with Crippen LogP contribution in [0.15, 0.2) is 29.2 Å². The normalized spacial score (nSPS) is 17.1. The third-order valence-electron chi connectivity index (χ3n) is 4.06. The van der Waals surface area contributed by atoms with Gasteiger partial charge >= 0.3 is 0 Å². The molecule has 1 aromatic rings. The van der Waals surface area contributed by atoms with E-state index in [2.05, 4.69) is 5.32 Å². The molecule has 2 rings (SSSR count). The van der Waals surface area contributed by atoms with Gasteiger partial charge in [-0.3, -0.25) is 4.79 Å². The van der Waals surface area contributed by atoms with E-state index in [1.807, 2.05) is 13.0 Å². The van der Waals surface area contributed by atoms with Gasteiger partial charge in [0.2, 0.25) is 15.9 Å². The van der Waals surface area contributed by atoms with Gasteiger partial charge in [0, 0.05) is 32.7 Å². The van der Waals surface area contributed by atoms with Crippen LogP contribution in [0.2, 0.25) is 0 Å². The third-order valence-corrected chi connectivity index (χ3v) is 5.95. The zero-order valence-electron chi connectivity index (χ0n) is 13.6. The quantitative estimate of drug-likeness (QED) is 0.789. The average molecular weight is 340 g/mol. The first-order chi connectivity index (χ1) is 10.9. The Morgan fingerprint density at radius 2 is 2.04 bits per heavy atom. The molecule has 1 aliphatic heterocycles. The van der Waals surface area contributed by atoms with Crippen molar-refractivity contribution >= 4 is 15.9 Å². The Hall–Kier alpha value is -1.44. The van der Waals surface area contributed by atoms with Crippen LogP contribution in [0.1, 0.15) is 18.4 Å². The average Bonchev–Trinajstić information content (AvgIpc) is 2.55. The molecule has 0 unspecified atom stereocenters. The SMILES string of the molecule is COCCNC(=O)C1CCN(S(=O)(=O)c2cccc(C)c2)CC1. The molecule has 23 heavy (non-hydrogen) atoms. The minimum absolute atomic E-state index is 0.0188. The van der Waals surface area contributed by atoms with E-state index in [0.717, 1.165) is 5.56 Å². The molecule has 1 fully saturated rings. The summed E-state index contributed by atoms with van der Waals surface area (Å²) < 4.78 is 31.6. The molecule has 1 N–H and O–H groups in total. The molecular formula is C16H24N2O4S. The molecule has 0 atom stereocenters. The molecule has 1 aromatic carbocycles. The molecule has 0 aliphatic carbocycles. The van der Waals surface area contributed by atoms with Gasteiger partial charge in [-0.15, -0.1) is 0 Å². The minimum Gasteiger partial charge on any atom is -0.383 e. The van der Waals surface area contributed by atoms with E-state index < -0.39 is 10.0 Å². The number of piperidine rings is 1. The zero-order chi connectivity index (χ0) is 16.9. The number of benzene rings is 1. The van der Waals surface area contributed by atoms with E-state index in [0.29, 0.717) is 44.0 Å². The van der Waals surface area contributed by atoms with Crippen molar-refractivity contribution in [3.05, 3.63) is 29.8 Å². The maximum atomic E-state index is 12.6. The van der Waals surface area contributed by atoms with Crippen LogP contribution in [0.25, 0.3) is 0 Å². The van der Waals surface area contributed by atoms with Crippen molar-refractivity contribution < 1.29 is 17.9 Å². The van der Waals surface area contributed by atoms with Gasteiger partial charge in [0.15, 0.2) is 0 Å². The van der Waals surface area contributed by atoms with Crippen LogP contribution in [-0.4, -0.2) is 52.0 Å². The van der Waals surface area contributed by atoms with Crippen LogP contribution in [0.3, 0.4) is 0 Å². The number of methoxy groups -OCH3 is 1. The van der Waals surface area contributed by atoms with Crippen LogP contribution in [0.4, 0.5) is 0 Å². The Bertz CT molecular complexity index is 637. The second-order valence-corrected chi connectivity index (χ2v) is 7.72. The van der Waals surface area contributed by atoms with Crippen molar-refractivity contribution in [1.29, 1.82) is 0 Å². The molecule has 1 heterocycles. The first-order valence-corrected chi connectivity index (χ1v) is 9.22. The zero-order valence-corrected chi connectivity index (χ0v) is 14.4. The largest absolute Gasteiger partial charge is 0.383 e. The molecule has 0 spiro atoms. The van der Waals surface area contributed by atoms with Crippen molar-refractivity contribution in [3.8, 4) is 0 Å². The number of carbonyl (C=O) groups is 1. The topological polar surface area (TPSA) is 75.7 Å². The summed E-state index contributed by atoms with van der Waals surface area (Å²) in [5, 5.41) is 2.81. The lowest BCUT2D eigenvalue weighted by Gasteiger charge is -2.30.